The second-order valence-electron chi connectivity index (χ2n) is 11.7. The first-order valence-corrected chi connectivity index (χ1v) is 13.4. The van der Waals surface area contributed by atoms with Gasteiger partial charge in [0.05, 0.1) is 23.0 Å². The number of halogens is 1. The number of aryl methyl sites for hydroxylation is 4. The molecule has 3 aromatic heterocycles. The summed E-state index contributed by atoms with van der Waals surface area (Å²) < 4.78 is 13.2. The summed E-state index contributed by atoms with van der Waals surface area (Å²) in [7, 11) is 0. The molecule has 3 heterocycles. The third-order valence-electron chi connectivity index (χ3n) is 6.40. The minimum Gasteiger partial charge on any atom is -0.492 e. The molecule has 0 saturated heterocycles. The zero-order valence-electron chi connectivity index (χ0n) is 23.3. The first-order chi connectivity index (χ1) is 17.4. The Hall–Kier alpha value is -2.99. The number of fused-ring (bicyclic) bond motifs is 1. The van der Waals surface area contributed by atoms with Crippen LogP contribution in [0.4, 0.5) is 5.82 Å². The van der Waals surface area contributed by atoms with Crippen LogP contribution < -0.4 is 10.1 Å². The van der Waals surface area contributed by atoms with E-state index in [2.05, 4.69) is 73.9 Å². The van der Waals surface area contributed by atoms with Crippen LogP contribution in [-0.2, 0) is 12.8 Å². The number of imidazole rings is 1. The van der Waals surface area contributed by atoms with Crippen LogP contribution in [0.2, 0.25) is 5.02 Å². The molecule has 0 aliphatic carbocycles. The lowest BCUT2D eigenvalue weighted by molar-refractivity contribution is 0.302. The van der Waals surface area contributed by atoms with Crippen LogP contribution in [-0.4, -0.2) is 26.7 Å². The average Bonchev–Trinajstić information content (AvgIpc) is 3.30. The summed E-state index contributed by atoms with van der Waals surface area (Å²) in [6.45, 7) is 17.8. The first kappa shape index (κ1) is 27.1. The van der Waals surface area contributed by atoms with Gasteiger partial charge in [-0.2, -0.15) is 0 Å². The van der Waals surface area contributed by atoms with E-state index in [1.807, 2.05) is 32.9 Å². The van der Waals surface area contributed by atoms with Crippen molar-refractivity contribution in [3.05, 3.63) is 64.3 Å². The van der Waals surface area contributed by atoms with Gasteiger partial charge in [0.15, 0.2) is 0 Å². The molecule has 0 unspecified atom stereocenters. The van der Waals surface area contributed by atoms with Gasteiger partial charge >= 0.3 is 0 Å². The number of hydrogen-bond donors (Lipinski definition) is 1. The van der Waals surface area contributed by atoms with Crippen molar-refractivity contribution in [2.45, 2.75) is 80.2 Å². The van der Waals surface area contributed by atoms with Gasteiger partial charge in [-0.1, -0.05) is 43.6 Å². The standard InChI is InChI=1S/C30H39ClN4O2/c1-9-36-25-13-11-21(16-23(25)31)10-12-24-28(33-30(7,8)18-29(4,5)6)35-15-14-22(17-26(35)32-24)27-19(2)34-37-20(27)3/h11,13-17,33H,9-10,12,18H2,1-8H3. The fraction of sp³-hybridized carbons (Fsp3) is 0.467. The molecule has 7 heteroatoms. The maximum absolute atomic E-state index is 6.46. The number of pyridine rings is 1. The van der Waals surface area contributed by atoms with Gasteiger partial charge in [-0.15, -0.1) is 0 Å². The van der Waals surface area contributed by atoms with Gasteiger partial charge in [0.2, 0.25) is 0 Å². The molecular formula is C30H39ClN4O2. The number of rotatable bonds is 9. The number of nitrogens with zero attached hydrogens (tertiary/aromatic N) is 3. The maximum atomic E-state index is 6.46. The zero-order chi connectivity index (χ0) is 27.0. The Balaban J connectivity index is 1.71. The predicted molar refractivity (Wildman–Crippen MR) is 152 cm³/mol. The smallest absolute Gasteiger partial charge is 0.141 e. The zero-order valence-corrected chi connectivity index (χ0v) is 24.1. The third-order valence-corrected chi connectivity index (χ3v) is 6.69. The molecule has 0 radical (unpaired) electrons. The van der Waals surface area contributed by atoms with Gasteiger partial charge in [0.1, 0.15) is 23.0 Å². The van der Waals surface area contributed by atoms with Gasteiger partial charge in [-0.05, 0) is 94.7 Å². The summed E-state index contributed by atoms with van der Waals surface area (Å²) in [5.41, 5.74) is 6.11. The largest absolute Gasteiger partial charge is 0.492 e. The molecular weight excluding hydrogens is 484 g/mol. The summed E-state index contributed by atoms with van der Waals surface area (Å²) in [5, 5.41) is 8.61. The van der Waals surface area contributed by atoms with Crippen LogP contribution in [0.25, 0.3) is 16.8 Å². The van der Waals surface area contributed by atoms with Crippen LogP contribution in [0, 0.1) is 19.3 Å². The van der Waals surface area contributed by atoms with Gasteiger partial charge in [0.25, 0.3) is 0 Å². The second-order valence-corrected chi connectivity index (χ2v) is 12.1. The summed E-state index contributed by atoms with van der Waals surface area (Å²) >= 11 is 6.46. The van der Waals surface area contributed by atoms with Crippen molar-refractivity contribution >= 4 is 23.1 Å². The van der Waals surface area contributed by atoms with E-state index in [0.29, 0.717) is 11.6 Å². The summed E-state index contributed by atoms with van der Waals surface area (Å²) in [6, 6.07) is 10.3. The Morgan fingerprint density at radius 3 is 2.43 bits per heavy atom. The topological polar surface area (TPSA) is 64.6 Å². The van der Waals surface area contributed by atoms with Crippen LogP contribution in [0.3, 0.4) is 0 Å². The summed E-state index contributed by atoms with van der Waals surface area (Å²) in [5.74, 6) is 2.57. The third kappa shape index (κ3) is 6.30. The normalized spacial score (nSPS) is 12.4. The van der Waals surface area contributed by atoms with Crippen molar-refractivity contribution in [3.8, 4) is 16.9 Å². The quantitative estimate of drug-likeness (QED) is 0.241. The fourth-order valence-corrected chi connectivity index (χ4v) is 5.63. The fourth-order valence-electron chi connectivity index (χ4n) is 5.38. The summed E-state index contributed by atoms with van der Waals surface area (Å²) in [4.78, 5) is 5.10. The van der Waals surface area contributed by atoms with E-state index >= 15 is 0 Å². The van der Waals surface area contributed by atoms with E-state index < -0.39 is 0 Å². The van der Waals surface area contributed by atoms with Crippen molar-refractivity contribution < 1.29 is 9.26 Å². The van der Waals surface area contributed by atoms with E-state index in [1.165, 1.54) is 0 Å². The Kier molecular flexibility index (Phi) is 7.61. The van der Waals surface area contributed by atoms with Crippen LogP contribution in [0.5, 0.6) is 5.75 Å². The van der Waals surface area contributed by atoms with Crippen molar-refractivity contribution in [1.82, 2.24) is 14.5 Å². The molecule has 6 nitrogen and oxygen atoms in total. The SMILES string of the molecule is CCOc1ccc(CCc2nc3cc(-c4c(C)noc4C)ccn3c2NC(C)(C)CC(C)(C)C)cc1Cl. The van der Waals surface area contributed by atoms with E-state index in [4.69, 9.17) is 25.8 Å². The molecule has 0 atom stereocenters. The monoisotopic (exact) mass is 522 g/mol. The lowest BCUT2D eigenvalue weighted by Crippen LogP contribution is -2.36. The second kappa shape index (κ2) is 10.4. The van der Waals surface area contributed by atoms with Gasteiger partial charge in [-0.3, -0.25) is 4.40 Å². The van der Waals surface area contributed by atoms with Gasteiger partial charge in [0, 0.05) is 17.3 Å². The molecule has 1 aromatic carbocycles. The van der Waals surface area contributed by atoms with Crippen molar-refractivity contribution in [1.29, 1.82) is 0 Å². The predicted octanol–water partition coefficient (Wildman–Crippen LogP) is 8.07. The molecule has 0 aliphatic heterocycles. The van der Waals surface area contributed by atoms with Crippen LogP contribution >= 0.6 is 11.6 Å². The Bertz CT molecular complexity index is 1380. The van der Waals surface area contributed by atoms with Crippen LogP contribution in [0.15, 0.2) is 41.1 Å². The minimum absolute atomic E-state index is 0.119. The Morgan fingerprint density at radius 2 is 1.81 bits per heavy atom. The highest BCUT2D eigenvalue weighted by atomic mass is 35.5. The van der Waals surface area contributed by atoms with Crippen molar-refractivity contribution in [3.63, 3.8) is 0 Å². The lowest BCUT2D eigenvalue weighted by Gasteiger charge is -2.34. The highest BCUT2D eigenvalue weighted by molar-refractivity contribution is 6.32. The van der Waals surface area contributed by atoms with Crippen LogP contribution in [0.1, 0.15) is 70.7 Å². The van der Waals surface area contributed by atoms with E-state index in [0.717, 1.165) is 70.3 Å². The highest BCUT2D eigenvalue weighted by Crippen LogP contribution is 2.34. The average molecular weight is 523 g/mol. The lowest BCUT2D eigenvalue weighted by atomic mass is 9.82. The molecule has 4 aromatic rings. The van der Waals surface area contributed by atoms with E-state index in [1.54, 1.807) is 0 Å². The first-order valence-electron chi connectivity index (χ1n) is 13.0. The molecule has 198 valence electrons. The van der Waals surface area contributed by atoms with Crippen molar-refractivity contribution in [2.24, 2.45) is 5.41 Å². The molecule has 37 heavy (non-hydrogen) atoms. The molecule has 4 rings (SSSR count). The minimum atomic E-state index is -0.119. The number of hydrogen-bond acceptors (Lipinski definition) is 5. The van der Waals surface area contributed by atoms with E-state index in [9.17, 15) is 0 Å². The highest BCUT2D eigenvalue weighted by Gasteiger charge is 2.28. The molecule has 0 amide bonds. The number of anilines is 1. The Morgan fingerprint density at radius 1 is 1.05 bits per heavy atom. The number of benzene rings is 1. The number of aromatic nitrogens is 3. The van der Waals surface area contributed by atoms with Gasteiger partial charge < -0.3 is 14.6 Å². The molecule has 0 fully saturated rings. The van der Waals surface area contributed by atoms with E-state index in [-0.39, 0.29) is 11.0 Å². The molecule has 0 saturated carbocycles. The van der Waals surface area contributed by atoms with Crippen molar-refractivity contribution in [2.75, 3.05) is 11.9 Å². The molecule has 0 spiro atoms. The molecule has 0 bridgehead atoms. The summed E-state index contributed by atoms with van der Waals surface area (Å²) in [6.07, 6.45) is 4.70. The maximum Gasteiger partial charge on any atom is 0.141 e. The number of nitrogens with one attached hydrogen (secondary N) is 1. The number of ether oxygens (including phenoxy) is 1. The van der Waals surface area contributed by atoms with Gasteiger partial charge in [-0.25, -0.2) is 4.98 Å². The molecule has 1 N–H and O–H groups in total. The molecule has 0 aliphatic rings. The Labute approximate surface area is 225 Å².